The number of hydrogen-bond acceptors (Lipinski definition) is 2. The van der Waals surface area contributed by atoms with Crippen LogP contribution in [0.1, 0.15) is 45.1 Å². The third-order valence-corrected chi connectivity index (χ3v) is 4.48. The molecule has 0 amide bonds. The Kier molecular flexibility index (Phi) is 4.65. The number of hydrogen-bond donors (Lipinski definition) is 1. The molecule has 19 heavy (non-hydrogen) atoms. The zero-order valence-electron chi connectivity index (χ0n) is 12.1. The zero-order valence-corrected chi connectivity index (χ0v) is 12.1. The summed E-state index contributed by atoms with van der Waals surface area (Å²) in [6, 6.07) is 10.6. The molecule has 2 rings (SSSR count). The van der Waals surface area contributed by atoms with Gasteiger partial charge in [0, 0.05) is 5.41 Å². The summed E-state index contributed by atoms with van der Waals surface area (Å²) in [5.41, 5.74) is 7.89. The molecule has 0 aromatic heterocycles. The predicted octanol–water partition coefficient (Wildman–Crippen LogP) is 3.77. The van der Waals surface area contributed by atoms with Gasteiger partial charge in [-0.1, -0.05) is 44.2 Å². The zero-order chi connectivity index (χ0) is 13.7. The minimum atomic E-state index is -0.0507. The normalized spacial score (nSPS) is 17.5. The molecule has 1 aromatic rings. The molecule has 2 N–H and O–H groups in total. The second-order valence-electron chi connectivity index (χ2n) is 5.30. The van der Waals surface area contributed by atoms with Crippen molar-refractivity contribution in [3.8, 4) is 0 Å². The Labute approximate surface area is 116 Å². The second kappa shape index (κ2) is 6.25. The van der Waals surface area contributed by atoms with Gasteiger partial charge in [0.25, 0.3) is 0 Å². The maximum Gasteiger partial charge on any atom is 0.110 e. The van der Waals surface area contributed by atoms with Crippen LogP contribution in [0, 0.1) is 0 Å². The quantitative estimate of drug-likeness (QED) is 0.873. The molecule has 0 saturated heterocycles. The second-order valence-corrected chi connectivity index (χ2v) is 5.30. The van der Waals surface area contributed by atoms with E-state index in [1.807, 2.05) is 0 Å². The van der Waals surface area contributed by atoms with Crippen LogP contribution in [0.2, 0.25) is 0 Å². The van der Waals surface area contributed by atoms with Crippen molar-refractivity contribution in [1.82, 2.24) is 0 Å². The molecule has 2 nitrogen and oxygen atoms in total. The highest BCUT2D eigenvalue weighted by Crippen LogP contribution is 2.38. The van der Waals surface area contributed by atoms with Crippen molar-refractivity contribution >= 4 is 0 Å². The topological polar surface area (TPSA) is 35.2 Å². The number of benzene rings is 1. The van der Waals surface area contributed by atoms with Gasteiger partial charge in [0.2, 0.25) is 0 Å². The van der Waals surface area contributed by atoms with Gasteiger partial charge in [-0.25, -0.2) is 0 Å². The van der Waals surface area contributed by atoms with Crippen LogP contribution in [0.4, 0.5) is 0 Å². The van der Waals surface area contributed by atoms with E-state index in [1.165, 1.54) is 5.56 Å². The van der Waals surface area contributed by atoms with E-state index in [4.69, 9.17) is 10.5 Å². The average molecular weight is 259 g/mol. The maximum absolute atomic E-state index is 6.59. The third kappa shape index (κ3) is 2.69. The lowest BCUT2D eigenvalue weighted by Crippen LogP contribution is -2.47. The molecule has 2 heteroatoms. The van der Waals surface area contributed by atoms with E-state index in [-0.39, 0.29) is 11.5 Å². The largest absolute Gasteiger partial charge is 0.497 e. The summed E-state index contributed by atoms with van der Waals surface area (Å²) in [5.74, 6) is 0.985. The highest BCUT2D eigenvalue weighted by molar-refractivity contribution is 5.31. The van der Waals surface area contributed by atoms with Crippen LogP contribution < -0.4 is 5.73 Å². The summed E-state index contributed by atoms with van der Waals surface area (Å²) < 4.78 is 5.81. The van der Waals surface area contributed by atoms with Crippen LogP contribution in [0.25, 0.3) is 0 Å². The van der Waals surface area contributed by atoms with Gasteiger partial charge in [-0.15, -0.1) is 0 Å². The van der Waals surface area contributed by atoms with Crippen LogP contribution in [0.15, 0.2) is 42.2 Å². The molecule has 104 valence electrons. The third-order valence-electron chi connectivity index (χ3n) is 4.48. The molecule has 1 atom stereocenters. The van der Waals surface area contributed by atoms with E-state index < -0.39 is 0 Å². The molecule has 0 aliphatic carbocycles. The molecular formula is C17H25NO. The van der Waals surface area contributed by atoms with Crippen molar-refractivity contribution in [3.05, 3.63) is 47.7 Å². The Morgan fingerprint density at radius 3 is 2.42 bits per heavy atom. The van der Waals surface area contributed by atoms with E-state index in [0.29, 0.717) is 0 Å². The van der Waals surface area contributed by atoms with Crippen LogP contribution in [0.5, 0.6) is 0 Å². The van der Waals surface area contributed by atoms with Crippen LogP contribution >= 0.6 is 0 Å². The van der Waals surface area contributed by atoms with Gasteiger partial charge < -0.3 is 10.5 Å². The van der Waals surface area contributed by atoms with E-state index in [2.05, 4.69) is 50.3 Å². The number of rotatable bonds is 5. The molecule has 0 fully saturated rings. The first-order chi connectivity index (χ1) is 9.24. The van der Waals surface area contributed by atoms with Crippen molar-refractivity contribution in [3.63, 3.8) is 0 Å². The first kappa shape index (κ1) is 14.1. The van der Waals surface area contributed by atoms with Crippen molar-refractivity contribution in [2.24, 2.45) is 5.73 Å². The van der Waals surface area contributed by atoms with Crippen molar-refractivity contribution in [2.45, 2.75) is 51.0 Å². The standard InChI is InChI=1S/C17H25NO/c1-3-17(4-2,14-10-6-5-7-11-14)16(18)15-12-8-9-13-19-15/h5-7,10-12,16H,3-4,8-9,13,18H2,1-2H3. The fraction of sp³-hybridized carbons (Fsp3) is 0.529. The Bertz CT molecular complexity index is 420. The SMILES string of the molecule is CCC(CC)(c1ccccc1)C(N)C1=CCCCO1. The van der Waals surface area contributed by atoms with Gasteiger partial charge >= 0.3 is 0 Å². The molecule has 0 radical (unpaired) electrons. The van der Waals surface area contributed by atoms with Gasteiger partial charge in [-0.2, -0.15) is 0 Å². The molecule has 0 spiro atoms. The molecule has 0 bridgehead atoms. The van der Waals surface area contributed by atoms with E-state index in [1.54, 1.807) is 0 Å². The first-order valence-electron chi connectivity index (χ1n) is 7.38. The Hall–Kier alpha value is -1.28. The van der Waals surface area contributed by atoms with Gasteiger partial charge in [-0.3, -0.25) is 0 Å². The van der Waals surface area contributed by atoms with Crippen LogP contribution in [-0.2, 0) is 10.2 Å². The first-order valence-corrected chi connectivity index (χ1v) is 7.38. The number of ether oxygens (including phenoxy) is 1. The van der Waals surface area contributed by atoms with E-state index >= 15 is 0 Å². The summed E-state index contributed by atoms with van der Waals surface area (Å²) in [6.45, 7) is 5.25. The minimum Gasteiger partial charge on any atom is -0.497 e. The van der Waals surface area contributed by atoms with Gasteiger partial charge in [0.15, 0.2) is 0 Å². The van der Waals surface area contributed by atoms with Gasteiger partial charge in [-0.05, 0) is 37.3 Å². The highest BCUT2D eigenvalue weighted by atomic mass is 16.5. The minimum absolute atomic E-state index is 0.0234. The Morgan fingerprint density at radius 1 is 1.21 bits per heavy atom. The number of nitrogens with two attached hydrogens (primary N) is 1. The molecule has 0 saturated carbocycles. The maximum atomic E-state index is 6.59. The molecule has 1 aliphatic rings. The molecule has 1 unspecified atom stereocenters. The molecule has 1 heterocycles. The lowest BCUT2D eigenvalue weighted by Gasteiger charge is -2.39. The predicted molar refractivity (Wildman–Crippen MR) is 79.9 cm³/mol. The number of allylic oxidation sites excluding steroid dienone is 1. The summed E-state index contributed by atoms with van der Waals surface area (Å²) in [6.07, 6.45) is 6.41. The summed E-state index contributed by atoms with van der Waals surface area (Å²) in [5, 5.41) is 0. The molecular weight excluding hydrogens is 234 g/mol. The summed E-state index contributed by atoms with van der Waals surface area (Å²) >= 11 is 0. The van der Waals surface area contributed by atoms with Crippen molar-refractivity contribution in [2.75, 3.05) is 6.61 Å². The highest BCUT2D eigenvalue weighted by Gasteiger charge is 2.38. The average Bonchev–Trinajstić information content (AvgIpc) is 2.51. The van der Waals surface area contributed by atoms with Crippen molar-refractivity contribution < 1.29 is 4.74 Å². The van der Waals surface area contributed by atoms with E-state index in [0.717, 1.165) is 38.0 Å². The Morgan fingerprint density at radius 2 is 1.89 bits per heavy atom. The smallest absolute Gasteiger partial charge is 0.110 e. The molecule has 1 aliphatic heterocycles. The van der Waals surface area contributed by atoms with Crippen molar-refractivity contribution in [1.29, 1.82) is 0 Å². The lowest BCUT2D eigenvalue weighted by molar-refractivity contribution is 0.149. The molecule has 1 aromatic carbocycles. The van der Waals surface area contributed by atoms with Gasteiger partial charge in [0.05, 0.1) is 12.6 Å². The van der Waals surface area contributed by atoms with E-state index in [9.17, 15) is 0 Å². The lowest BCUT2D eigenvalue weighted by atomic mass is 9.69. The van der Waals surface area contributed by atoms with Crippen LogP contribution in [-0.4, -0.2) is 12.6 Å². The van der Waals surface area contributed by atoms with Crippen LogP contribution in [0.3, 0.4) is 0 Å². The fourth-order valence-electron chi connectivity index (χ4n) is 3.11. The fourth-order valence-corrected chi connectivity index (χ4v) is 3.11. The monoisotopic (exact) mass is 259 g/mol. The van der Waals surface area contributed by atoms with Gasteiger partial charge in [0.1, 0.15) is 5.76 Å². The summed E-state index contributed by atoms with van der Waals surface area (Å²) in [4.78, 5) is 0. The summed E-state index contributed by atoms with van der Waals surface area (Å²) in [7, 11) is 0. The Balaban J connectivity index is 2.36.